The Balaban J connectivity index is 1.56. The molecular weight excluding hydrogens is 421 g/mol. The van der Waals surface area contributed by atoms with Gasteiger partial charge in [0.25, 0.3) is 5.91 Å². The number of amides is 3. The number of carbonyl (C=O) groups excluding carboxylic acids is 2. The second-order valence-electron chi connectivity index (χ2n) is 7.89. The van der Waals surface area contributed by atoms with E-state index in [2.05, 4.69) is 26.8 Å². The predicted molar refractivity (Wildman–Crippen MR) is 118 cm³/mol. The lowest BCUT2D eigenvalue weighted by Crippen LogP contribution is -2.36. The van der Waals surface area contributed by atoms with E-state index in [0.29, 0.717) is 18.0 Å². The molecule has 1 aromatic heterocycles. The average Bonchev–Trinajstić information content (AvgIpc) is 3.35. The Labute approximate surface area is 185 Å². The molecule has 1 aliphatic rings. The lowest BCUT2D eigenvalue weighted by atomic mass is 10.1. The van der Waals surface area contributed by atoms with Gasteiger partial charge in [-0.15, -0.1) is 0 Å². The summed E-state index contributed by atoms with van der Waals surface area (Å²) in [6.07, 6.45) is 2.45. The van der Waals surface area contributed by atoms with E-state index in [9.17, 15) is 14.0 Å². The molecule has 0 bridgehead atoms. The van der Waals surface area contributed by atoms with Gasteiger partial charge in [0.15, 0.2) is 0 Å². The lowest BCUT2D eigenvalue weighted by Gasteiger charge is -2.20. The van der Waals surface area contributed by atoms with Gasteiger partial charge >= 0.3 is 6.03 Å². The third kappa shape index (κ3) is 6.38. The molecule has 8 nitrogen and oxygen atoms in total. The van der Waals surface area contributed by atoms with Crippen LogP contribution in [0.2, 0.25) is 0 Å². The van der Waals surface area contributed by atoms with Crippen LogP contribution in [-0.2, 0) is 6.61 Å². The minimum atomic E-state index is -0.786. The first kappa shape index (κ1) is 23.0. The lowest BCUT2D eigenvalue weighted by molar-refractivity contribution is 0.0996. The Morgan fingerprint density at radius 3 is 2.77 bits per heavy atom. The number of halogens is 1. The predicted octanol–water partition coefficient (Wildman–Crippen LogP) is 3.12. The maximum absolute atomic E-state index is 14.0. The Kier molecular flexibility index (Phi) is 7.80. The molecule has 1 atom stereocenters. The number of urea groups is 1. The summed E-state index contributed by atoms with van der Waals surface area (Å²) in [5.41, 5.74) is 6.55. The Bertz CT molecular complexity index is 930. The zero-order valence-corrected chi connectivity index (χ0v) is 18.6. The molecule has 0 radical (unpaired) electrons. The molecule has 1 unspecified atom stereocenters. The van der Waals surface area contributed by atoms with E-state index in [-0.39, 0.29) is 23.1 Å². The van der Waals surface area contributed by atoms with Crippen molar-refractivity contribution in [3.63, 3.8) is 0 Å². The van der Waals surface area contributed by atoms with E-state index in [0.717, 1.165) is 36.7 Å². The van der Waals surface area contributed by atoms with Gasteiger partial charge in [-0.3, -0.25) is 10.1 Å². The van der Waals surface area contributed by atoms with Gasteiger partial charge in [0.2, 0.25) is 5.88 Å². The van der Waals surface area contributed by atoms with E-state index in [1.165, 1.54) is 18.9 Å². The quantitative estimate of drug-likeness (QED) is 0.545. The van der Waals surface area contributed by atoms with Crippen LogP contribution < -0.4 is 21.1 Å². The number of primary amides is 1. The Morgan fingerprint density at radius 2 is 2.10 bits per heavy atom. The number of hydrogen-bond donors (Lipinski definition) is 3. The molecule has 10 heteroatoms. The molecule has 3 amide bonds. The van der Waals surface area contributed by atoms with Crippen LogP contribution in [0.5, 0.6) is 5.88 Å². The number of aromatic nitrogens is 1. The molecule has 3 rings (SSSR count). The molecule has 1 aliphatic heterocycles. The first-order valence-corrected chi connectivity index (χ1v) is 11.1. The molecule has 2 heterocycles. The van der Waals surface area contributed by atoms with Crippen molar-refractivity contribution in [1.82, 2.24) is 14.6 Å². The van der Waals surface area contributed by atoms with Crippen LogP contribution in [0.15, 0.2) is 18.2 Å². The fourth-order valence-corrected chi connectivity index (χ4v) is 4.21. The molecule has 1 aromatic carbocycles. The number of nitrogens with two attached hydrogens (primary N) is 1. The SMILES string of the molecule is Cc1ccc(COc2nsc(NC(=O)NCC(C)CN3CCCC3)c2C(N)=O)c(F)c1. The van der Waals surface area contributed by atoms with E-state index in [1.54, 1.807) is 19.1 Å². The van der Waals surface area contributed by atoms with Crippen LogP contribution in [0.25, 0.3) is 0 Å². The second kappa shape index (κ2) is 10.5. The van der Waals surface area contributed by atoms with Gasteiger partial charge in [-0.1, -0.05) is 19.1 Å². The normalized spacial score (nSPS) is 14.9. The summed E-state index contributed by atoms with van der Waals surface area (Å²) in [4.78, 5) is 26.6. The number of nitrogens with zero attached hydrogens (tertiary/aromatic N) is 2. The zero-order valence-electron chi connectivity index (χ0n) is 17.7. The minimum absolute atomic E-state index is 0.0298. The number of hydrogen-bond acceptors (Lipinski definition) is 6. The molecule has 4 N–H and O–H groups in total. The zero-order chi connectivity index (χ0) is 22.4. The number of nitrogens with one attached hydrogen (secondary N) is 2. The number of anilines is 1. The molecule has 1 saturated heterocycles. The number of aryl methyl sites for hydroxylation is 1. The number of benzene rings is 1. The summed E-state index contributed by atoms with van der Waals surface area (Å²) in [7, 11) is 0. The van der Waals surface area contributed by atoms with Crippen molar-refractivity contribution in [3.05, 3.63) is 40.7 Å². The van der Waals surface area contributed by atoms with Gasteiger partial charge in [-0.25, -0.2) is 9.18 Å². The van der Waals surface area contributed by atoms with Gasteiger partial charge in [-0.2, -0.15) is 4.37 Å². The standard InChI is InChI=1S/C21H28FN5O3S/c1-13-5-6-15(16(22)9-13)12-30-19-17(18(23)28)20(31-26-19)25-21(29)24-10-14(2)11-27-7-3-4-8-27/h5-6,9,14H,3-4,7-8,10-12H2,1-2H3,(H2,23,28)(H2,24,25,29). The number of rotatable bonds is 9. The fourth-order valence-electron chi connectivity index (χ4n) is 3.48. The third-order valence-corrected chi connectivity index (χ3v) is 5.83. The van der Waals surface area contributed by atoms with Crippen LogP contribution in [0, 0.1) is 18.7 Å². The highest BCUT2D eigenvalue weighted by molar-refractivity contribution is 7.11. The van der Waals surface area contributed by atoms with Crippen LogP contribution >= 0.6 is 11.5 Å². The summed E-state index contributed by atoms with van der Waals surface area (Å²) in [5, 5.41) is 5.62. The molecule has 2 aromatic rings. The third-order valence-electron chi connectivity index (χ3n) is 5.09. The first-order chi connectivity index (χ1) is 14.8. The topological polar surface area (TPSA) is 110 Å². The molecule has 168 valence electrons. The van der Waals surface area contributed by atoms with Gasteiger partial charge in [-0.05, 0) is 61.9 Å². The molecule has 0 spiro atoms. The van der Waals surface area contributed by atoms with Crippen molar-refractivity contribution in [2.45, 2.75) is 33.3 Å². The number of likely N-dealkylation sites (tertiary alicyclic amines) is 1. The van der Waals surface area contributed by atoms with Crippen LogP contribution in [0.4, 0.5) is 14.2 Å². The molecule has 1 fully saturated rings. The highest BCUT2D eigenvalue weighted by atomic mass is 32.1. The number of ether oxygens (including phenoxy) is 1. The highest BCUT2D eigenvalue weighted by Gasteiger charge is 2.23. The molecule has 31 heavy (non-hydrogen) atoms. The van der Waals surface area contributed by atoms with Crippen molar-refractivity contribution < 1.29 is 18.7 Å². The van der Waals surface area contributed by atoms with Gasteiger partial charge in [0.1, 0.15) is 23.0 Å². The monoisotopic (exact) mass is 449 g/mol. The van der Waals surface area contributed by atoms with Crippen LogP contribution in [0.1, 0.15) is 41.3 Å². The van der Waals surface area contributed by atoms with Crippen molar-refractivity contribution in [2.24, 2.45) is 11.7 Å². The van der Waals surface area contributed by atoms with E-state index in [1.807, 2.05) is 0 Å². The van der Waals surface area contributed by atoms with Gasteiger partial charge in [0.05, 0.1) is 0 Å². The maximum atomic E-state index is 14.0. The Hall–Kier alpha value is -2.72. The summed E-state index contributed by atoms with van der Waals surface area (Å²) >= 11 is 0.885. The highest BCUT2D eigenvalue weighted by Crippen LogP contribution is 2.31. The maximum Gasteiger partial charge on any atom is 0.319 e. The van der Waals surface area contributed by atoms with Crippen LogP contribution in [0.3, 0.4) is 0 Å². The summed E-state index contributed by atoms with van der Waals surface area (Å²) in [5.74, 6) is -0.929. The first-order valence-electron chi connectivity index (χ1n) is 10.3. The number of carbonyl (C=O) groups is 2. The van der Waals surface area contributed by atoms with E-state index in [4.69, 9.17) is 10.5 Å². The minimum Gasteiger partial charge on any atom is -0.471 e. The van der Waals surface area contributed by atoms with Crippen molar-refractivity contribution in [3.8, 4) is 5.88 Å². The summed E-state index contributed by atoms with van der Waals surface area (Å²) < 4.78 is 23.6. The Morgan fingerprint density at radius 1 is 1.35 bits per heavy atom. The fraction of sp³-hybridized carbons (Fsp3) is 0.476. The second-order valence-corrected chi connectivity index (χ2v) is 8.66. The van der Waals surface area contributed by atoms with E-state index >= 15 is 0 Å². The molecular formula is C21H28FN5O3S. The average molecular weight is 450 g/mol. The van der Waals surface area contributed by atoms with Crippen molar-refractivity contribution >= 4 is 28.5 Å². The molecule has 0 aliphatic carbocycles. The van der Waals surface area contributed by atoms with Crippen molar-refractivity contribution in [1.29, 1.82) is 0 Å². The molecule has 0 saturated carbocycles. The summed E-state index contributed by atoms with van der Waals surface area (Å²) in [6.45, 7) is 7.40. The van der Waals surface area contributed by atoms with Gasteiger partial charge < -0.3 is 20.7 Å². The van der Waals surface area contributed by atoms with Gasteiger partial charge in [0, 0.05) is 18.7 Å². The van der Waals surface area contributed by atoms with E-state index < -0.39 is 17.8 Å². The summed E-state index contributed by atoms with van der Waals surface area (Å²) in [6, 6.07) is 4.32. The van der Waals surface area contributed by atoms with Crippen LogP contribution in [-0.4, -0.2) is 47.4 Å². The largest absolute Gasteiger partial charge is 0.471 e. The smallest absolute Gasteiger partial charge is 0.319 e. The van der Waals surface area contributed by atoms with Crippen molar-refractivity contribution in [2.75, 3.05) is 31.5 Å².